The Morgan fingerprint density at radius 2 is 0.426 bits per heavy atom. The fourth-order valence-corrected chi connectivity index (χ4v) is 21.5. The smallest absolute Gasteiger partial charge is 0.0622 e. The standard InChI is InChI=1S/C64H42.C51H36/c1-63(2)58-37-42-17-4-3-16-41(42)36-54(58)53-26-15-25-44(62(53)63)39-30-32-40(33-31-39)60-49-21-5-7-23-51(49)61(52-24-8-6-22-50(52)60)43-34-35-48-47-20-11-14-29-57(47)64(59(48)38-43)55-27-12-9-18-45(55)46-19-10-13-28-56(46)64;1-51(2)47-32-38-17-7-6-16-37(38)31-46(47)45-25-13-24-40(50(45)51)34-26-28-35(29-27-34)48-41-20-8-10-22-43(41)49(44-23-11-9-21-42(44)48)39-19-12-18-36(30-39)33-14-4-3-5-15-33/h3-38H,1-2H3;3-32H,1-2H3. The Kier molecular flexibility index (Phi) is 14.8. The van der Waals surface area contributed by atoms with Crippen LogP contribution in [0.1, 0.15) is 72.2 Å². The van der Waals surface area contributed by atoms with Crippen molar-refractivity contribution in [1.82, 2.24) is 0 Å². The Morgan fingerprint density at radius 1 is 0.148 bits per heavy atom. The summed E-state index contributed by atoms with van der Waals surface area (Å²) in [5.41, 5.74) is 38.9. The first-order chi connectivity index (χ1) is 56.6. The van der Waals surface area contributed by atoms with Crippen LogP contribution in [0.2, 0.25) is 0 Å². The van der Waals surface area contributed by atoms with Gasteiger partial charge in [-0.2, -0.15) is 0 Å². The highest BCUT2D eigenvalue weighted by atomic mass is 14.5. The SMILES string of the molecule is CC1(C)c2cc3ccccc3cc2-c2cccc(-c3ccc(-c4c5ccccc5c(-c5ccc6c(c5)C5(c7ccccc7-c7ccccc75)c5ccccc5-6)c5ccccc45)cc3)c21.CC1(C)c2cc3ccccc3cc2-c2cccc(-c3ccc(-c4c5ccccc5c(-c5cccc(-c6ccccc6)c5)c5ccccc45)cc3)c21. The minimum absolute atomic E-state index is 0.107. The highest BCUT2D eigenvalue weighted by molar-refractivity contribution is 6.23. The molecule has 0 N–H and O–H groups in total. The fourth-order valence-electron chi connectivity index (χ4n) is 21.5. The molecule has 538 valence electrons. The fraction of sp³-hybridized carbons (Fsp3) is 0.0609. The molecule has 0 fully saturated rings. The quantitative estimate of drug-likeness (QED) is 0.140. The van der Waals surface area contributed by atoms with E-state index in [-0.39, 0.29) is 10.8 Å². The second kappa shape index (κ2) is 25.5. The average Bonchev–Trinajstić information content (AvgIpc) is 1.54. The predicted molar refractivity (Wildman–Crippen MR) is 487 cm³/mol. The number of rotatable bonds is 7. The molecule has 0 heterocycles. The zero-order chi connectivity index (χ0) is 76.4. The van der Waals surface area contributed by atoms with E-state index in [1.165, 1.54) is 232 Å². The van der Waals surface area contributed by atoms with E-state index in [4.69, 9.17) is 0 Å². The van der Waals surface area contributed by atoms with Gasteiger partial charge in [-0.05, 0) is 268 Å². The van der Waals surface area contributed by atoms with Gasteiger partial charge in [0.1, 0.15) is 0 Å². The van der Waals surface area contributed by atoms with Crippen LogP contribution in [-0.2, 0) is 16.2 Å². The molecule has 0 atom stereocenters. The Labute approximate surface area is 671 Å². The van der Waals surface area contributed by atoms with Gasteiger partial charge in [0.05, 0.1) is 5.41 Å². The van der Waals surface area contributed by atoms with Crippen molar-refractivity contribution in [3.05, 3.63) is 445 Å². The second-order valence-corrected chi connectivity index (χ2v) is 33.1. The molecule has 0 aromatic heterocycles. The van der Waals surface area contributed by atoms with E-state index in [1.54, 1.807) is 0 Å². The van der Waals surface area contributed by atoms with Crippen LogP contribution in [0.15, 0.2) is 400 Å². The van der Waals surface area contributed by atoms with Gasteiger partial charge in [0.15, 0.2) is 0 Å². The van der Waals surface area contributed by atoms with E-state index in [0.717, 1.165) is 0 Å². The molecule has 24 rings (SSSR count). The Bertz CT molecular complexity index is 7310. The van der Waals surface area contributed by atoms with Crippen LogP contribution in [0.25, 0.3) is 187 Å². The molecule has 0 radical (unpaired) electrons. The number of benzene rings is 20. The molecule has 4 aliphatic rings. The summed E-state index contributed by atoms with van der Waals surface area (Å²) in [5, 5.41) is 15.3. The molecular weight excluding hydrogens is 1380 g/mol. The highest BCUT2D eigenvalue weighted by Crippen LogP contribution is 2.64. The minimum Gasteiger partial charge on any atom is -0.0622 e. The lowest BCUT2D eigenvalue weighted by atomic mass is 9.70. The summed E-state index contributed by atoms with van der Waals surface area (Å²) in [5.74, 6) is 0. The van der Waals surface area contributed by atoms with Gasteiger partial charge < -0.3 is 0 Å². The third-order valence-electron chi connectivity index (χ3n) is 26.5. The van der Waals surface area contributed by atoms with Crippen LogP contribution in [0.4, 0.5) is 0 Å². The average molecular weight is 1460 g/mol. The maximum Gasteiger partial charge on any atom is 0.0725 e. The van der Waals surface area contributed by atoms with Crippen LogP contribution >= 0.6 is 0 Å². The van der Waals surface area contributed by atoms with Gasteiger partial charge in [0, 0.05) is 10.8 Å². The van der Waals surface area contributed by atoms with Crippen LogP contribution in [-0.4, -0.2) is 0 Å². The normalized spacial score (nSPS) is 13.8. The minimum atomic E-state index is -0.395. The molecule has 0 saturated carbocycles. The molecule has 0 bridgehead atoms. The van der Waals surface area contributed by atoms with Crippen molar-refractivity contribution in [3.8, 4) is 122 Å². The molecule has 1 spiro atoms. The topological polar surface area (TPSA) is 0 Å². The Morgan fingerprint density at radius 3 is 0.835 bits per heavy atom. The second-order valence-electron chi connectivity index (χ2n) is 33.1. The lowest BCUT2D eigenvalue weighted by Crippen LogP contribution is -2.25. The maximum atomic E-state index is 2.54. The number of fused-ring (bicyclic) bond motifs is 22. The summed E-state index contributed by atoms with van der Waals surface area (Å²) in [7, 11) is 0. The number of hydrogen-bond acceptors (Lipinski definition) is 0. The lowest BCUT2D eigenvalue weighted by Gasteiger charge is -2.30. The van der Waals surface area contributed by atoms with Crippen LogP contribution in [0.3, 0.4) is 0 Å². The molecule has 115 heavy (non-hydrogen) atoms. The van der Waals surface area contributed by atoms with Crippen molar-refractivity contribution in [1.29, 1.82) is 0 Å². The van der Waals surface area contributed by atoms with Gasteiger partial charge in [-0.1, -0.05) is 392 Å². The van der Waals surface area contributed by atoms with E-state index >= 15 is 0 Å². The zero-order valence-corrected chi connectivity index (χ0v) is 64.6. The lowest BCUT2D eigenvalue weighted by molar-refractivity contribution is 0.663. The molecule has 0 unspecified atom stereocenters. The molecule has 0 amide bonds. The predicted octanol–water partition coefficient (Wildman–Crippen LogP) is 30.9. The van der Waals surface area contributed by atoms with Gasteiger partial charge in [0.25, 0.3) is 0 Å². The summed E-state index contributed by atoms with van der Waals surface area (Å²) in [6.07, 6.45) is 0. The van der Waals surface area contributed by atoms with Crippen molar-refractivity contribution in [2.75, 3.05) is 0 Å². The van der Waals surface area contributed by atoms with E-state index in [0.29, 0.717) is 0 Å². The molecule has 0 nitrogen and oxygen atoms in total. The van der Waals surface area contributed by atoms with E-state index in [9.17, 15) is 0 Å². The summed E-state index contributed by atoms with van der Waals surface area (Å²) in [6, 6.07) is 150. The zero-order valence-electron chi connectivity index (χ0n) is 64.6. The molecular formula is C115H78. The maximum absolute atomic E-state index is 2.54. The van der Waals surface area contributed by atoms with E-state index < -0.39 is 5.41 Å². The summed E-state index contributed by atoms with van der Waals surface area (Å²) >= 11 is 0. The van der Waals surface area contributed by atoms with Gasteiger partial charge in [-0.25, -0.2) is 0 Å². The first-order valence-corrected chi connectivity index (χ1v) is 40.6. The first kappa shape index (κ1) is 66.7. The van der Waals surface area contributed by atoms with Crippen molar-refractivity contribution >= 4 is 64.6 Å². The molecule has 4 aliphatic carbocycles. The van der Waals surface area contributed by atoms with Crippen LogP contribution in [0, 0.1) is 0 Å². The summed E-state index contributed by atoms with van der Waals surface area (Å²) < 4.78 is 0. The molecule has 20 aromatic carbocycles. The summed E-state index contributed by atoms with van der Waals surface area (Å²) in [6.45, 7) is 9.57. The summed E-state index contributed by atoms with van der Waals surface area (Å²) in [4.78, 5) is 0. The molecule has 20 aromatic rings. The van der Waals surface area contributed by atoms with Gasteiger partial charge in [-0.15, -0.1) is 0 Å². The van der Waals surface area contributed by atoms with Crippen molar-refractivity contribution < 1.29 is 0 Å². The molecule has 0 heteroatoms. The van der Waals surface area contributed by atoms with Crippen LogP contribution in [0.5, 0.6) is 0 Å². The third kappa shape index (κ3) is 9.86. The molecule has 0 saturated heterocycles. The van der Waals surface area contributed by atoms with Gasteiger partial charge in [0.2, 0.25) is 0 Å². The third-order valence-corrected chi connectivity index (χ3v) is 26.5. The molecule has 0 aliphatic heterocycles. The van der Waals surface area contributed by atoms with Gasteiger partial charge >= 0.3 is 0 Å². The number of hydrogen-bond donors (Lipinski definition) is 0. The van der Waals surface area contributed by atoms with Crippen LogP contribution < -0.4 is 0 Å². The van der Waals surface area contributed by atoms with E-state index in [2.05, 4.69) is 428 Å². The largest absolute Gasteiger partial charge is 0.0725 e. The van der Waals surface area contributed by atoms with Crippen molar-refractivity contribution in [2.45, 2.75) is 43.9 Å². The Hall–Kier alpha value is -14.0. The monoisotopic (exact) mass is 1460 g/mol. The first-order valence-electron chi connectivity index (χ1n) is 40.6. The van der Waals surface area contributed by atoms with E-state index in [1.807, 2.05) is 0 Å². The Balaban J connectivity index is 0.000000140. The van der Waals surface area contributed by atoms with Crippen molar-refractivity contribution in [2.24, 2.45) is 0 Å². The van der Waals surface area contributed by atoms with Gasteiger partial charge in [-0.3, -0.25) is 0 Å². The highest BCUT2D eigenvalue weighted by Gasteiger charge is 2.52. The van der Waals surface area contributed by atoms with Crippen molar-refractivity contribution in [3.63, 3.8) is 0 Å².